The Bertz CT molecular complexity index is 1090. The lowest BCUT2D eigenvalue weighted by molar-refractivity contribution is 0.0948. The number of hydrogen-bond acceptors (Lipinski definition) is 4. The molecule has 0 aliphatic carbocycles. The summed E-state index contributed by atoms with van der Waals surface area (Å²) in [6.45, 7) is 5.64. The molecule has 0 radical (unpaired) electrons. The molecule has 3 aromatic rings. The molecule has 0 bridgehead atoms. The number of hydrogen-bond donors (Lipinski definition) is 1. The summed E-state index contributed by atoms with van der Waals surface area (Å²) in [5, 5.41) is 12.4. The first-order chi connectivity index (χ1) is 15.0. The van der Waals surface area contributed by atoms with Crippen LogP contribution in [0.15, 0.2) is 82.6 Å². The van der Waals surface area contributed by atoms with Gasteiger partial charge in [-0.15, -0.1) is 0 Å². The second kappa shape index (κ2) is 10.8. The highest BCUT2D eigenvalue weighted by molar-refractivity contribution is 7.99. The van der Waals surface area contributed by atoms with Crippen LogP contribution in [0.3, 0.4) is 0 Å². The van der Waals surface area contributed by atoms with Crippen LogP contribution in [0.25, 0.3) is 0 Å². The summed E-state index contributed by atoms with van der Waals surface area (Å²) in [5.74, 6) is -0.121. The standard InChI is InChI=1S/C26H27N3OS/c1-19(2)29(3)18-22-12-5-4-11-21(22)17-28-26(30)23-13-7-9-15-25(23)31-24-14-8-6-10-20(24)16-27/h4-15,19H,17-18H2,1-3H3,(H,28,30). The Balaban J connectivity index is 1.75. The van der Waals surface area contributed by atoms with E-state index in [-0.39, 0.29) is 5.91 Å². The minimum absolute atomic E-state index is 0.121. The van der Waals surface area contributed by atoms with Crippen molar-refractivity contribution in [2.24, 2.45) is 0 Å². The van der Waals surface area contributed by atoms with E-state index in [4.69, 9.17) is 0 Å². The number of amides is 1. The second-order valence-electron chi connectivity index (χ2n) is 7.67. The van der Waals surface area contributed by atoms with Crippen LogP contribution in [0, 0.1) is 11.3 Å². The lowest BCUT2D eigenvalue weighted by Crippen LogP contribution is -2.28. The van der Waals surface area contributed by atoms with E-state index < -0.39 is 0 Å². The van der Waals surface area contributed by atoms with Crippen LogP contribution in [0.1, 0.15) is 40.9 Å². The summed E-state index contributed by atoms with van der Waals surface area (Å²) >= 11 is 1.44. The van der Waals surface area contributed by atoms with E-state index >= 15 is 0 Å². The Morgan fingerprint density at radius 3 is 2.29 bits per heavy atom. The van der Waals surface area contributed by atoms with Crippen LogP contribution in [-0.4, -0.2) is 23.9 Å². The van der Waals surface area contributed by atoms with Gasteiger partial charge in [0.1, 0.15) is 6.07 Å². The van der Waals surface area contributed by atoms with Gasteiger partial charge in [-0.2, -0.15) is 5.26 Å². The molecule has 0 aliphatic rings. The van der Waals surface area contributed by atoms with Crippen molar-refractivity contribution in [3.8, 4) is 6.07 Å². The van der Waals surface area contributed by atoms with Crippen LogP contribution in [0.5, 0.6) is 0 Å². The van der Waals surface area contributed by atoms with Crippen LogP contribution >= 0.6 is 11.8 Å². The van der Waals surface area contributed by atoms with Gasteiger partial charge in [-0.25, -0.2) is 0 Å². The minimum atomic E-state index is -0.121. The second-order valence-corrected chi connectivity index (χ2v) is 8.75. The molecule has 4 nitrogen and oxygen atoms in total. The van der Waals surface area contributed by atoms with E-state index in [1.54, 1.807) is 6.07 Å². The summed E-state index contributed by atoms with van der Waals surface area (Å²) in [6.07, 6.45) is 0. The fraction of sp³-hybridized carbons (Fsp3) is 0.231. The van der Waals surface area contributed by atoms with Gasteiger partial charge in [-0.3, -0.25) is 9.69 Å². The monoisotopic (exact) mass is 429 g/mol. The number of nitrogens with one attached hydrogen (secondary N) is 1. The Morgan fingerprint density at radius 2 is 1.58 bits per heavy atom. The number of benzene rings is 3. The van der Waals surface area contributed by atoms with E-state index in [0.29, 0.717) is 23.7 Å². The average molecular weight is 430 g/mol. The van der Waals surface area contributed by atoms with E-state index in [9.17, 15) is 10.1 Å². The van der Waals surface area contributed by atoms with E-state index in [2.05, 4.69) is 49.3 Å². The van der Waals surface area contributed by atoms with Crippen LogP contribution in [0.2, 0.25) is 0 Å². The SMILES string of the molecule is CC(C)N(C)Cc1ccccc1CNC(=O)c1ccccc1Sc1ccccc1C#N. The third-order valence-corrected chi connectivity index (χ3v) is 6.37. The lowest BCUT2D eigenvalue weighted by atomic mass is 10.1. The molecule has 0 spiro atoms. The molecule has 3 rings (SSSR count). The van der Waals surface area contributed by atoms with Gasteiger partial charge in [0.25, 0.3) is 5.91 Å². The minimum Gasteiger partial charge on any atom is -0.348 e. The Morgan fingerprint density at radius 1 is 0.968 bits per heavy atom. The van der Waals surface area contributed by atoms with Crippen LogP contribution in [0.4, 0.5) is 0 Å². The Labute approximate surface area is 188 Å². The van der Waals surface area contributed by atoms with Gasteiger partial charge in [0.05, 0.1) is 11.1 Å². The van der Waals surface area contributed by atoms with Gasteiger partial charge in [0, 0.05) is 28.9 Å². The van der Waals surface area contributed by atoms with Gasteiger partial charge in [-0.05, 0) is 56.3 Å². The highest BCUT2D eigenvalue weighted by Gasteiger charge is 2.14. The number of rotatable bonds is 8. The molecule has 31 heavy (non-hydrogen) atoms. The molecule has 158 valence electrons. The predicted octanol–water partition coefficient (Wildman–Crippen LogP) is 5.48. The summed E-state index contributed by atoms with van der Waals surface area (Å²) < 4.78 is 0. The Hall–Kier alpha value is -3.07. The van der Waals surface area contributed by atoms with Crippen LogP contribution in [-0.2, 0) is 13.1 Å². The zero-order valence-electron chi connectivity index (χ0n) is 18.1. The Kier molecular flexibility index (Phi) is 7.88. The molecule has 0 unspecified atom stereocenters. The molecule has 0 heterocycles. The highest BCUT2D eigenvalue weighted by atomic mass is 32.2. The first-order valence-corrected chi connectivity index (χ1v) is 11.1. The smallest absolute Gasteiger partial charge is 0.252 e. The zero-order chi connectivity index (χ0) is 22.2. The fourth-order valence-electron chi connectivity index (χ4n) is 3.12. The molecule has 0 saturated heterocycles. The number of nitriles is 1. The molecule has 0 atom stereocenters. The van der Waals surface area contributed by atoms with Crippen molar-refractivity contribution >= 4 is 17.7 Å². The van der Waals surface area contributed by atoms with Crippen molar-refractivity contribution in [1.29, 1.82) is 5.26 Å². The fourth-order valence-corrected chi connectivity index (χ4v) is 4.14. The summed E-state index contributed by atoms with van der Waals surface area (Å²) in [5.41, 5.74) is 3.54. The maximum absolute atomic E-state index is 13.0. The highest BCUT2D eigenvalue weighted by Crippen LogP contribution is 2.32. The van der Waals surface area contributed by atoms with Gasteiger partial charge in [-0.1, -0.05) is 60.3 Å². The predicted molar refractivity (Wildman–Crippen MR) is 126 cm³/mol. The quantitative estimate of drug-likeness (QED) is 0.515. The van der Waals surface area contributed by atoms with E-state index in [1.165, 1.54) is 17.3 Å². The van der Waals surface area contributed by atoms with Crippen molar-refractivity contribution < 1.29 is 4.79 Å². The first kappa shape index (κ1) is 22.6. The average Bonchev–Trinajstić information content (AvgIpc) is 2.79. The maximum Gasteiger partial charge on any atom is 0.252 e. The third-order valence-electron chi connectivity index (χ3n) is 5.22. The first-order valence-electron chi connectivity index (χ1n) is 10.3. The van der Waals surface area contributed by atoms with Gasteiger partial charge in [0.15, 0.2) is 0 Å². The molecule has 5 heteroatoms. The van der Waals surface area contributed by atoms with Gasteiger partial charge in [0.2, 0.25) is 0 Å². The molecule has 1 N–H and O–H groups in total. The molecular weight excluding hydrogens is 402 g/mol. The zero-order valence-corrected chi connectivity index (χ0v) is 18.9. The number of carbonyl (C=O) groups is 1. The van der Waals surface area contributed by atoms with Crippen molar-refractivity contribution in [3.63, 3.8) is 0 Å². The van der Waals surface area contributed by atoms with Gasteiger partial charge >= 0.3 is 0 Å². The van der Waals surface area contributed by atoms with Gasteiger partial charge < -0.3 is 5.32 Å². The van der Waals surface area contributed by atoms with Crippen molar-refractivity contribution in [3.05, 3.63) is 95.1 Å². The van der Waals surface area contributed by atoms with E-state index in [1.807, 2.05) is 54.6 Å². The molecule has 0 aromatic heterocycles. The van der Waals surface area contributed by atoms with Crippen molar-refractivity contribution in [1.82, 2.24) is 10.2 Å². The van der Waals surface area contributed by atoms with Crippen molar-refractivity contribution in [2.45, 2.75) is 42.8 Å². The molecule has 0 fully saturated rings. The molecular formula is C26H27N3OS. The normalized spacial score (nSPS) is 10.8. The molecule has 0 aliphatic heterocycles. The van der Waals surface area contributed by atoms with Crippen molar-refractivity contribution in [2.75, 3.05) is 7.05 Å². The molecule has 3 aromatic carbocycles. The third kappa shape index (κ3) is 5.97. The lowest BCUT2D eigenvalue weighted by Gasteiger charge is -2.22. The largest absolute Gasteiger partial charge is 0.348 e. The molecule has 1 amide bonds. The van der Waals surface area contributed by atoms with E-state index in [0.717, 1.165) is 21.9 Å². The summed E-state index contributed by atoms with van der Waals surface area (Å²) in [7, 11) is 2.10. The summed E-state index contributed by atoms with van der Waals surface area (Å²) in [4.78, 5) is 17.0. The van der Waals surface area contributed by atoms with Crippen LogP contribution < -0.4 is 5.32 Å². The maximum atomic E-state index is 13.0. The topological polar surface area (TPSA) is 56.1 Å². The molecule has 0 saturated carbocycles. The summed E-state index contributed by atoms with van der Waals surface area (Å²) in [6, 6.07) is 25.8. The number of nitrogens with zero attached hydrogens (tertiary/aromatic N) is 2. The number of carbonyl (C=O) groups excluding carboxylic acids is 1.